The minimum Gasteiger partial charge on any atom is -0.496 e. The minimum absolute atomic E-state index is 0.300. The average Bonchev–Trinajstić information content (AvgIpc) is 3.31. The Hall–Kier alpha value is -2.84. The number of nitrogen functional groups attached to an aromatic ring is 1. The molecular weight excluding hydrogens is 486 g/mol. The SMILES string of the molecule is CCCCCNc1nc(N)nc2ccn(Cc3ccc(CN4CC(C5CCN(C(C)C)CC5)C4)cc3OC)c12. The molecule has 39 heavy (non-hydrogen) atoms. The van der Waals surface area contributed by atoms with Gasteiger partial charge in [0, 0.05) is 44.0 Å². The van der Waals surface area contributed by atoms with E-state index in [9.17, 15) is 0 Å². The predicted molar refractivity (Wildman–Crippen MR) is 160 cm³/mol. The van der Waals surface area contributed by atoms with Gasteiger partial charge in [-0.15, -0.1) is 0 Å². The zero-order valence-corrected chi connectivity index (χ0v) is 24.3. The van der Waals surface area contributed by atoms with E-state index in [0.29, 0.717) is 18.5 Å². The number of nitrogens with two attached hydrogens (primary N) is 1. The largest absolute Gasteiger partial charge is 0.496 e. The number of nitrogens with one attached hydrogen (secondary N) is 1. The van der Waals surface area contributed by atoms with Gasteiger partial charge in [0.15, 0.2) is 5.82 Å². The van der Waals surface area contributed by atoms with Gasteiger partial charge < -0.3 is 25.3 Å². The second-order valence-corrected chi connectivity index (χ2v) is 11.8. The fraction of sp³-hybridized carbons (Fsp3) is 0.613. The number of anilines is 2. The van der Waals surface area contributed by atoms with Crippen LogP contribution in [0.25, 0.3) is 11.0 Å². The molecule has 2 fully saturated rings. The Morgan fingerprint density at radius 2 is 1.85 bits per heavy atom. The van der Waals surface area contributed by atoms with Crippen molar-refractivity contribution in [2.45, 2.75) is 72.0 Å². The quantitative estimate of drug-likeness (QED) is 0.309. The third kappa shape index (κ3) is 6.49. The van der Waals surface area contributed by atoms with E-state index in [1.54, 1.807) is 7.11 Å². The molecule has 3 N–H and O–H groups in total. The van der Waals surface area contributed by atoms with E-state index in [-0.39, 0.29) is 0 Å². The smallest absolute Gasteiger partial charge is 0.222 e. The fourth-order valence-electron chi connectivity index (χ4n) is 6.37. The van der Waals surface area contributed by atoms with Crippen LogP contribution in [0, 0.1) is 11.8 Å². The first kappa shape index (κ1) is 27.7. The number of benzene rings is 1. The second kappa shape index (κ2) is 12.6. The first-order valence-electron chi connectivity index (χ1n) is 14.9. The van der Waals surface area contributed by atoms with Crippen molar-refractivity contribution >= 4 is 22.8 Å². The average molecular weight is 534 g/mol. The lowest BCUT2D eigenvalue weighted by Gasteiger charge is -2.46. The Morgan fingerprint density at radius 1 is 1.05 bits per heavy atom. The normalized spacial score (nSPS) is 17.7. The number of hydrogen-bond donors (Lipinski definition) is 2. The van der Waals surface area contributed by atoms with Crippen molar-refractivity contribution < 1.29 is 4.74 Å². The molecule has 0 atom stereocenters. The van der Waals surface area contributed by atoms with Gasteiger partial charge in [-0.05, 0) is 75.7 Å². The molecule has 0 aliphatic carbocycles. The number of nitrogens with zero attached hydrogens (tertiary/aromatic N) is 5. The van der Waals surface area contributed by atoms with E-state index in [0.717, 1.165) is 59.5 Å². The molecule has 212 valence electrons. The number of aromatic nitrogens is 3. The van der Waals surface area contributed by atoms with Crippen LogP contribution in [0.15, 0.2) is 30.5 Å². The van der Waals surface area contributed by atoms with Crippen molar-refractivity contribution in [1.29, 1.82) is 0 Å². The fourth-order valence-corrected chi connectivity index (χ4v) is 6.37. The van der Waals surface area contributed by atoms with Crippen molar-refractivity contribution in [2.75, 3.05) is 50.9 Å². The summed E-state index contributed by atoms with van der Waals surface area (Å²) in [6.07, 6.45) is 8.27. The minimum atomic E-state index is 0.300. The lowest BCUT2D eigenvalue weighted by Crippen LogP contribution is -2.52. The Bertz CT molecular complexity index is 1230. The number of fused-ring (bicyclic) bond motifs is 1. The van der Waals surface area contributed by atoms with Gasteiger partial charge in [0.25, 0.3) is 0 Å². The molecular formula is C31H47N7O. The van der Waals surface area contributed by atoms with E-state index >= 15 is 0 Å². The van der Waals surface area contributed by atoms with Gasteiger partial charge in [0.05, 0.1) is 19.2 Å². The molecule has 8 heteroatoms. The van der Waals surface area contributed by atoms with E-state index in [1.165, 1.54) is 57.4 Å². The summed E-state index contributed by atoms with van der Waals surface area (Å²) >= 11 is 0. The molecule has 3 aromatic rings. The van der Waals surface area contributed by atoms with Crippen molar-refractivity contribution in [3.63, 3.8) is 0 Å². The third-order valence-corrected chi connectivity index (χ3v) is 8.76. The molecule has 4 heterocycles. The number of rotatable bonds is 12. The Morgan fingerprint density at radius 3 is 2.56 bits per heavy atom. The zero-order chi connectivity index (χ0) is 27.4. The van der Waals surface area contributed by atoms with E-state index in [2.05, 4.69) is 74.8 Å². The van der Waals surface area contributed by atoms with Crippen LogP contribution in [0.4, 0.5) is 11.8 Å². The number of likely N-dealkylation sites (tertiary alicyclic amines) is 2. The molecule has 0 radical (unpaired) electrons. The summed E-state index contributed by atoms with van der Waals surface area (Å²) in [5.41, 5.74) is 10.3. The third-order valence-electron chi connectivity index (χ3n) is 8.76. The van der Waals surface area contributed by atoms with E-state index in [4.69, 9.17) is 10.5 Å². The van der Waals surface area contributed by atoms with Crippen LogP contribution in [0.2, 0.25) is 0 Å². The van der Waals surface area contributed by atoms with Gasteiger partial charge in [0.1, 0.15) is 11.3 Å². The van der Waals surface area contributed by atoms with Crippen molar-refractivity contribution in [3.8, 4) is 5.75 Å². The monoisotopic (exact) mass is 533 g/mol. The molecule has 5 rings (SSSR count). The first-order chi connectivity index (χ1) is 18.9. The molecule has 2 aromatic heterocycles. The summed E-state index contributed by atoms with van der Waals surface area (Å²) in [6.45, 7) is 14.4. The summed E-state index contributed by atoms with van der Waals surface area (Å²) in [7, 11) is 1.77. The van der Waals surface area contributed by atoms with Crippen LogP contribution in [0.1, 0.15) is 64.0 Å². The van der Waals surface area contributed by atoms with Crippen LogP contribution < -0.4 is 15.8 Å². The number of ether oxygens (including phenoxy) is 1. The summed E-state index contributed by atoms with van der Waals surface area (Å²) in [4.78, 5) is 14.2. The van der Waals surface area contributed by atoms with Gasteiger partial charge in [-0.3, -0.25) is 4.90 Å². The number of hydrogen-bond acceptors (Lipinski definition) is 7. The topological polar surface area (TPSA) is 84.5 Å². The van der Waals surface area contributed by atoms with Gasteiger partial charge in [-0.2, -0.15) is 4.98 Å². The maximum absolute atomic E-state index is 6.00. The Balaban J connectivity index is 1.21. The molecule has 0 amide bonds. The number of methoxy groups -OCH3 is 1. The van der Waals surface area contributed by atoms with Gasteiger partial charge in [0.2, 0.25) is 5.95 Å². The molecule has 2 saturated heterocycles. The molecule has 0 bridgehead atoms. The molecule has 2 aliphatic heterocycles. The number of piperidine rings is 1. The maximum Gasteiger partial charge on any atom is 0.222 e. The van der Waals surface area contributed by atoms with Gasteiger partial charge in [-0.25, -0.2) is 4.98 Å². The van der Waals surface area contributed by atoms with Crippen LogP contribution in [-0.2, 0) is 13.1 Å². The molecule has 0 saturated carbocycles. The molecule has 8 nitrogen and oxygen atoms in total. The summed E-state index contributed by atoms with van der Waals surface area (Å²) in [5, 5.41) is 3.49. The highest BCUT2D eigenvalue weighted by Crippen LogP contribution is 2.34. The van der Waals surface area contributed by atoms with E-state index < -0.39 is 0 Å². The maximum atomic E-state index is 6.00. The predicted octanol–water partition coefficient (Wildman–Crippen LogP) is 5.22. The molecule has 0 unspecified atom stereocenters. The van der Waals surface area contributed by atoms with Crippen molar-refractivity contribution in [1.82, 2.24) is 24.3 Å². The van der Waals surface area contributed by atoms with Crippen LogP contribution in [-0.4, -0.2) is 70.2 Å². The summed E-state index contributed by atoms with van der Waals surface area (Å²) < 4.78 is 8.06. The Labute approximate surface area is 233 Å². The second-order valence-electron chi connectivity index (χ2n) is 11.8. The zero-order valence-electron chi connectivity index (χ0n) is 24.3. The van der Waals surface area contributed by atoms with Gasteiger partial charge in [-0.1, -0.05) is 31.9 Å². The van der Waals surface area contributed by atoms with Crippen LogP contribution in [0.5, 0.6) is 5.75 Å². The summed E-state index contributed by atoms with van der Waals surface area (Å²) in [5.74, 6) is 3.80. The van der Waals surface area contributed by atoms with Gasteiger partial charge >= 0.3 is 0 Å². The van der Waals surface area contributed by atoms with Crippen molar-refractivity contribution in [3.05, 3.63) is 41.6 Å². The number of unbranched alkanes of at least 4 members (excludes halogenated alkanes) is 2. The highest BCUT2D eigenvalue weighted by molar-refractivity contribution is 5.87. The molecule has 1 aromatic carbocycles. The van der Waals surface area contributed by atoms with Crippen molar-refractivity contribution in [2.24, 2.45) is 11.8 Å². The lowest BCUT2D eigenvalue weighted by molar-refractivity contribution is 0.0181. The highest BCUT2D eigenvalue weighted by atomic mass is 16.5. The molecule has 0 spiro atoms. The molecule has 2 aliphatic rings. The van der Waals surface area contributed by atoms with Crippen LogP contribution >= 0.6 is 0 Å². The highest BCUT2D eigenvalue weighted by Gasteiger charge is 2.35. The van der Waals surface area contributed by atoms with E-state index in [1.807, 2.05) is 6.07 Å². The van der Waals surface area contributed by atoms with Crippen LogP contribution in [0.3, 0.4) is 0 Å². The Kier molecular flexibility index (Phi) is 8.92. The lowest BCUT2D eigenvalue weighted by atomic mass is 9.79. The standard InChI is InChI=1S/C31H47N7O/c1-5-6-7-13-33-30-29-27(34-31(32)35-30)12-16-38(29)21-25-9-8-23(17-28(25)39-4)18-36-19-26(20-36)24-10-14-37(15-11-24)22(2)3/h8-9,12,16-17,22,24,26H,5-7,10-11,13-15,18-21H2,1-4H3,(H3,32,33,34,35). The first-order valence-corrected chi connectivity index (χ1v) is 14.9. The summed E-state index contributed by atoms with van der Waals surface area (Å²) in [6, 6.07) is 9.38.